The third-order valence-electron chi connectivity index (χ3n) is 4.77. The molecule has 1 aliphatic rings. The highest BCUT2D eigenvalue weighted by Crippen LogP contribution is 2.29. The Morgan fingerprint density at radius 3 is 2.59 bits per heavy atom. The van der Waals surface area contributed by atoms with Gasteiger partial charge >= 0.3 is 5.69 Å². The average Bonchev–Trinajstić information content (AvgIpc) is 3.28. The molecule has 0 radical (unpaired) electrons. The van der Waals surface area contributed by atoms with Crippen LogP contribution in [0, 0.1) is 0 Å². The monoisotopic (exact) mass is 400 g/mol. The van der Waals surface area contributed by atoms with Crippen LogP contribution in [0.4, 0.5) is 5.82 Å². The van der Waals surface area contributed by atoms with Crippen LogP contribution >= 0.6 is 0 Å². The van der Waals surface area contributed by atoms with Crippen LogP contribution in [0.1, 0.15) is 17.5 Å². The molecule has 4 rings (SSSR count). The molecule has 0 spiro atoms. The lowest BCUT2D eigenvalue weighted by molar-refractivity contribution is -0.0549. The van der Waals surface area contributed by atoms with E-state index in [0.717, 1.165) is 10.1 Å². The zero-order chi connectivity index (χ0) is 20.5. The summed E-state index contributed by atoms with van der Waals surface area (Å²) in [4.78, 5) is 16.1. The van der Waals surface area contributed by atoms with E-state index in [1.807, 2.05) is 30.3 Å². The van der Waals surface area contributed by atoms with Crippen LogP contribution in [0.2, 0.25) is 0 Å². The Balaban J connectivity index is 1.66. The van der Waals surface area contributed by atoms with E-state index in [1.165, 1.54) is 10.9 Å². The van der Waals surface area contributed by atoms with Crippen LogP contribution in [0.5, 0.6) is 0 Å². The van der Waals surface area contributed by atoms with E-state index in [0.29, 0.717) is 12.1 Å². The molecule has 0 aliphatic carbocycles. The van der Waals surface area contributed by atoms with Crippen molar-refractivity contribution in [1.82, 2.24) is 24.5 Å². The molecule has 3 aromatic rings. The maximum atomic E-state index is 12.3. The fourth-order valence-corrected chi connectivity index (χ4v) is 3.24. The highest BCUT2D eigenvalue weighted by Gasteiger charge is 2.44. The predicted octanol–water partition coefficient (Wildman–Crippen LogP) is -1.39. The summed E-state index contributed by atoms with van der Waals surface area (Å²) in [6, 6.07) is 9.72. The van der Waals surface area contributed by atoms with Crippen molar-refractivity contribution in [3.8, 4) is 5.69 Å². The number of benzene rings is 1. The summed E-state index contributed by atoms with van der Waals surface area (Å²) in [5, 5.41) is 37.5. The second-order valence-corrected chi connectivity index (χ2v) is 6.75. The molecule has 11 heteroatoms. The van der Waals surface area contributed by atoms with E-state index in [4.69, 9.17) is 10.5 Å². The number of aromatic nitrogens is 5. The maximum Gasteiger partial charge on any atom is 0.351 e. The number of nitrogen functional groups attached to an aromatic ring is 1. The highest BCUT2D eigenvalue weighted by molar-refractivity contribution is 5.49. The van der Waals surface area contributed by atoms with E-state index in [9.17, 15) is 20.1 Å². The van der Waals surface area contributed by atoms with Crippen molar-refractivity contribution in [2.75, 3.05) is 12.3 Å². The van der Waals surface area contributed by atoms with Crippen molar-refractivity contribution in [3.05, 3.63) is 64.5 Å². The first kappa shape index (κ1) is 19.2. The summed E-state index contributed by atoms with van der Waals surface area (Å²) in [5.74, 6) is -0.0749. The number of hydrogen-bond acceptors (Lipinski definition) is 9. The standard InChI is InChI=1S/C18H20N6O5/c19-16-12(24-7-11(21-22-24)6-10-4-2-1-3-5-10)8-23(18(28)20-16)17-15(27)14(26)13(9-25)29-17/h1-5,7-8,13-15,17,25-27H,6,9H2,(H2,19,20,28). The van der Waals surface area contributed by atoms with Gasteiger partial charge in [-0.25, -0.2) is 9.48 Å². The number of anilines is 1. The van der Waals surface area contributed by atoms with Gasteiger partial charge in [0.05, 0.1) is 18.5 Å². The van der Waals surface area contributed by atoms with Gasteiger partial charge in [0.25, 0.3) is 0 Å². The number of ether oxygens (including phenoxy) is 1. The zero-order valence-electron chi connectivity index (χ0n) is 15.2. The smallest absolute Gasteiger partial charge is 0.351 e. The van der Waals surface area contributed by atoms with E-state index in [1.54, 1.807) is 6.20 Å². The van der Waals surface area contributed by atoms with E-state index >= 15 is 0 Å². The predicted molar refractivity (Wildman–Crippen MR) is 100 cm³/mol. The van der Waals surface area contributed by atoms with Crippen LogP contribution in [-0.4, -0.2) is 64.8 Å². The first-order chi connectivity index (χ1) is 14.0. The molecule has 1 saturated heterocycles. The molecule has 11 nitrogen and oxygen atoms in total. The highest BCUT2D eigenvalue weighted by atomic mass is 16.6. The third kappa shape index (κ3) is 3.63. The minimum Gasteiger partial charge on any atom is -0.394 e. The minimum absolute atomic E-state index is 0.0749. The van der Waals surface area contributed by atoms with Crippen molar-refractivity contribution < 1.29 is 20.1 Å². The third-order valence-corrected chi connectivity index (χ3v) is 4.77. The lowest BCUT2D eigenvalue weighted by Crippen LogP contribution is -2.36. The Labute approximate surface area is 164 Å². The van der Waals surface area contributed by atoms with Gasteiger partial charge in [-0.15, -0.1) is 5.10 Å². The number of nitrogens with two attached hydrogens (primary N) is 1. The number of rotatable bonds is 5. The number of aliphatic hydroxyl groups excluding tert-OH is 3. The van der Waals surface area contributed by atoms with E-state index in [-0.39, 0.29) is 11.5 Å². The molecule has 4 unspecified atom stereocenters. The second kappa shape index (κ2) is 7.72. The minimum atomic E-state index is -1.42. The van der Waals surface area contributed by atoms with Crippen LogP contribution in [-0.2, 0) is 11.2 Å². The fourth-order valence-electron chi connectivity index (χ4n) is 3.24. The van der Waals surface area contributed by atoms with Gasteiger partial charge in [0.15, 0.2) is 12.0 Å². The van der Waals surface area contributed by atoms with Crippen LogP contribution in [0.15, 0.2) is 47.5 Å². The summed E-state index contributed by atoms with van der Waals surface area (Å²) >= 11 is 0. The summed E-state index contributed by atoms with van der Waals surface area (Å²) in [7, 11) is 0. The molecular weight excluding hydrogens is 380 g/mol. The van der Waals surface area contributed by atoms with Gasteiger partial charge in [-0.3, -0.25) is 4.57 Å². The van der Waals surface area contributed by atoms with Crippen molar-refractivity contribution in [2.24, 2.45) is 0 Å². The summed E-state index contributed by atoms with van der Waals surface area (Å²) in [6.45, 7) is -0.509. The molecule has 1 aliphatic heterocycles. The Morgan fingerprint density at radius 1 is 1.14 bits per heavy atom. The molecule has 1 aromatic carbocycles. The van der Waals surface area contributed by atoms with Gasteiger partial charge < -0.3 is 25.8 Å². The molecule has 5 N–H and O–H groups in total. The van der Waals surface area contributed by atoms with Crippen molar-refractivity contribution in [3.63, 3.8) is 0 Å². The van der Waals surface area contributed by atoms with E-state index < -0.39 is 36.8 Å². The summed E-state index contributed by atoms with van der Waals surface area (Å²) in [5.41, 5.74) is 7.12. The summed E-state index contributed by atoms with van der Waals surface area (Å²) < 4.78 is 7.78. The van der Waals surface area contributed by atoms with Crippen LogP contribution in [0.25, 0.3) is 5.69 Å². The molecule has 4 atom stereocenters. The van der Waals surface area contributed by atoms with Crippen molar-refractivity contribution in [1.29, 1.82) is 0 Å². The SMILES string of the molecule is Nc1nc(=O)n(C2OC(CO)C(O)C2O)cc1-n1cc(Cc2ccccc2)nn1. The quantitative estimate of drug-likeness (QED) is 0.404. The Morgan fingerprint density at radius 2 is 1.90 bits per heavy atom. The van der Waals surface area contributed by atoms with Crippen LogP contribution in [0.3, 0.4) is 0 Å². The first-order valence-electron chi connectivity index (χ1n) is 8.94. The molecule has 0 saturated carbocycles. The van der Waals surface area contributed by atoms with Crippen molar-refractivity contribution in [2.45, 2.75) is 31.0 Å². The Bertz CT molecular complexity index is 1050. The van der Waals surface area contributed by atoms with Gasteiger partial charge in [-0.2, -0.15) is 4.98 Å². The Kier molecular flexibility index (Phi) is 5.11. The van der Waals surface area contributed by atoms with Gasteiger partial charge in [-0.1, -0.05) is 35.5 Å². The lowest BCUT2D eigenvalue weighted by atomic mass is 10.1. The molecule has 152 valence electrons. The van der Waals surface area contributed by atoms with Gasteiger partial charge in [0.2, 0.25) is 0 Å². The maximum absolute atomic E-state index is 12.3. The number of nitrogens with zero attached hydrogens (tertiary/aromatic N) is 5. The van der Waals surface area contributed by atoms with Crippen LogP contribution < -0.4 is 11.4 Å². The Hall–Kier alpha value is -3.12. The molecule has 0 bridgehead atoms. The number of hydrogen-bond donors (Lipinski definition) is 4. The number of aliphatic hydroxyl groups is 3. The summed E-state index contributed by atoms with van der Waals surface area (Å²) in [6.07, 6.45) is -1.48. The van der Waals surface area contributed by atoms with Gasteiger partial charge in [0.1, 0.15) is 24.0 Å². The van der Waals surface area contributed by atoms with Crippen molar-refractivity contribution >= 4 is 5.82 Å². The van der Waals surface area contributed by atoms with Gasteiger partial charge in [0, 0.05) is 12.6 Å². The lowest BCUT2D eigenvalue weighted by Gasteiger charge is -2.18. The van der Waals surface area contributed by atoms with E-state index in [2.05, 4.69) is 15.3 Å². The first-order valence-corrected chi connectivity index (χ1v) is 8.94. The molecule has 29 heavy (non-hydrogen) atoms. The second-order valence-electron chi connectivity index (χ2n) is 6.75. The average molecular weight is 400 g/mol. The molecule has 0 amide bonds. The molecule has 2 aromatic heterocycles. The fraction of sp³-hybridized carbons (Fsp3) is 0.333. The molecule has 3 heterocycles. The topological polar surface area (TPSA) is 162 Å². The largest absolute Gasteiger partial charge is 0.394 e. The molecule has 1 fully saturated rings. The zero-order valence-corrected chi connectivity index (χ0v) is 15.2. The van der Waals surface area contributed by atoms with Gasteiger partial charge in [-0.05, 0) is 5.56 Å². The normalized spacial score (nSPS) is 24.1. The molecular formula is C18H20N6O5.